The molecule has 2 atom stereocenters. The van der Waals surface area contributed by atoms with E-state index in [-0.39, 0.29) is 5.82 Å². The molecular formula is C13H15ClFNO. The van der Waals surface area contributed by atoms with Crippen molar-refractivity contribution >= 4 is 17.3 Å². The number of nitrogens with zero attached hydrogens (tertiary/aromatic N) is 1. The maximum atomic E-state index is 13.2. The van der Waals surface area contributed by atoms with Crippen LogP contribution in [0.3, 0.4) is 0 Å². The number of anilines is 1. The number of hydrogen-bond acceptors (Lipinski definition) is 2. The van der Waals surface area contributed by atoms with E-state index >= 15 is 0 Å². The predicted molar refractivity (Wildman–Crippen MR) is 66.1 cm³/mol. The third kappa shape index (κ3) is 2.14. The number of halogens is 2. The molecule has 2 aliphatic heterocycles. The lowest BCUT2D eigenvalue weighted by Gasteiger charge is -2.34. The molecule has 0 radical (unpaired) electrons. The highest BCUT2D eigenvalue weighted by Crippen LogP contribution is 2.32. The average Bonchev–Trinajstić information content (AvgIpc) is 2.68. The Morgan fingerprint density at radius 2 is 2.00 bits per heavy atom. The SMILES string of the molecule is Fc1ccc(N2CC3CCC(C2)O3)c(CCl)c1. The van der Waals surface area contributed by atoms with Crippen molar-refractivity contribution in [1.29, 1.82) is 0 Å². The maximum absolute atomic E-state index is 13.2. The molecule has 3 rings (SSSR count). The van der Waals surface area contributed by atoms with E-state index in [0.717, 1.165) is 37.2 Å². The second kappa shape index (κ2) is 4.46. The van der Waals surface area contributed by atoms with E-state index in [4.69, 9.17) is 16.3 Å². The van der Waals surface area contributed by atoms with Crippen LogP contribution < -0.4 is 4.90 Å². The van der Waals surface area contributed by atoms with Crippen LogP contribution in [-0.4, -0.2) is 25.3 Å². The van der Waals surface area contributed by atoms with E-state index in [1.54, 1.807) is 0 Å². The number of fused-ring (bicyclic) bond motifs is 2. The van der Waals surface area contributed by atoms with Crippen LogP contribution in [0.4, 0.5) is 10.1 Å². The largest absolute Gasteiger partial charge is 0.371 e. The summed E-state index contributed by atoms with van der Waals surface area (Å²) in [5.74, 6) is 0.125. The van der Waals surface area contributed by atoms with E-state index in [0.29, 0.717) is 18.1 Å². The van der Waals surface area contributed by atoms with Crippen molar-refractivity contribution in [1.82, 2.24) is 0 Å². The van der Waals surface area contributed by atoms with Crippen molar-refractivity contribution in [3.05, 3.63) is 29.6 Å². The maximum Gasteiger partial charge on any atom is 0.123 e. The van der Waals surface area contributed by atoms with Crippen molar-refractivity contribution in [2.24, 2.45) is 0 Å². The summed E-state index contributed by atoms with van der Waals surface area (Å²) in [6, 6.07) is 4.86. The van der Waals surface area contributed by atoms with Crippen LogP contribution in [-0.2, 0) is 10.6 Å². The quantitative estimate of drug-likeness (QED) is 0.754. The van der Waals surface area contributed by atoms with Crippen LogP contribution in [0.15, 0.2) is 18.2 Å². The summed E-state index contributed by atoms with van der Waals surface area (Å²) >= 11 is 5.89. The minimum atomic E-state index is -0.222. The number of benzene rings is 1. The van der Waals surface area contributed by atoms with Gasteiger partial charge < -0.3 is 9.64 Å². The Hall–Kier alpha value is -0.800. The van der Waals surface area contributed by atoms with Gasteiger partial charge in [0.2, 0.25) is 0 Å². The fourth-order valence-electron chi connectivity index (χ4n) is 2.78. The lowest BCUT2D eigenvalue weighted by molar-refractivity contribution is 0.0304. The number of ether oxygens (including phenoxy) is 1. The fraction of sp³-hybridized carbons (Fsp3) is 0.538. The van der Waals surface area contributed by atoms with E-state index in [2.05, 4.69) is 4.90 Å². The predicted octanol–water partition coefficient (Wildman–Crippen LogP) is 2.93. The molecule has 2 aliphatic rings. The molecule has 2 bridgehead atoms. The molecule has 0 amide bonds. The van der Waals surface area contributed by atoms with Gasteiger partial charge in [0, 0.05) is 24.7 Å². The van der Waals surface area contributed by atoms with Crippen LogP contribution in [0.25, 0.3) is 0 Å². The van der Waals surface area contributed by atoms with Gasteiger partial charge in [-0.05, 0) is 36.6 Å². The third-order valence-electron chi connectivity index (χ3n) is 3.57. The molecule has 0 aliphatic carbocycles. The van der Waals surface area contributed by atoms with Gasteiger partial charge in [-0.3, -0.25) is 0 Å². The average molecular weight is 256 g/mol. The van der Waals surface area contributed by atoms with Gasteiger partial charge in [0.05, 0.1) is 12.2 Å². The monoisotopic (exact) mass is 255 g/mol. The molecule has 92 valence electrons. The first-order valence-electron chi connectivity index (χ1n) is 6.01. The van der Waals surface area contributed by atoms with Gasteiger partial charge in [-0.2, -0.15) is 0 Å². The van der Waals surface area contributed by atoms with Crippen molar-refractivity contribution in [3.63, 3.8) is 0 Å². The molecule has 2 fully saturated rings. The Balaban J connectivity index is 1.88. The Kier molecular flexibility index (Phi) is 2.97. The van der Waals surface area contributed by atoms with Gasteiger partial charge in [0.25, 0.3) is 0 Å². The van der Waals surface area contributed by atoms with Crippen LogP contribution in [0.2, 0.25) is 0 Å². The van der Waals surface area contributed by atoms with Crippen LogP contribution in [0, 0.1) is 5.82 Å². The molecule has 1 aromatic rings. The van der Waals surface area contributed by atoms with Gasteiger partial charge in [-0.25, -0.2) is 4.39 Å². The first-order valence-corrected chi connectivity index (χ1v) is 6.54. The molecule has 4 heteroatoms. The standard InChI is InChI=1S/C13H15ClFNO/c14-6-9-5-10(15)1-4-13(9)16-7-11-2-3-12(8-16)17-11/h1,4-5,11-12H,2-3,6-8H2. The minimum Gasteiger partial charge on any atom is -0.371 e. The lowest BCUT2D eigenvalue weighted by Crippen LogP contribution is -2.43. The topological polar surface area (TPSA) is 12.5 Å². The van der Waals surface area contributed by atoms with E-state index in [1.807, 2.05) is 6.07 Å². The zero-order chi connectivity index (χ0) is 11.8. The van der Waals surface area contributed by atoms with Gasteiger partial charge in [-0.1, -0.05) is 0 Å². The second-order valence-electron chi connectivity index (χ2n) is 4.77. The zero-order valence-electron chi connectivity index (χ0n) is 9.53. The number of alkyl halides is 1. The Morgan fingerprint density at radius 3 is 2.65 bits per heavy atom. The summed E-state index contributed by atoms with van der Waals surface area (Å²) < 4.78 is 19.0. The molecule has 0 N–H and O–H groups in total. The lowest BCUT2D eigenvalue weighted by atomic mass is 10.1. The molecule has 0 spiro atoms. The molecule has 2 heterocycles. The first-order chi connectivity index (χ1) is 8.26. The van der Waals surface area contributed by atoms with E-state index in [1.165, 1.54) is 12.1 Å². The van der Waals surface area contributed by atoms with Gasteiger partial charge in [0.1, 0.15) is 5.82 Å². The van der Waals surface area contributed by atoms with Gasteiger partial charge >= 0.3 is 0 Å². The van der Waals surface area contributed by atoms with Crippen molar-refractivity contribution in [2.75, 3.05) is 18.0 Å². The first kappa shape index (κ1) is 11.3. The summed E-state index contributed by atoms with van der Waals surface area (Å²) in [7, 11) is 0. The molecule has 1 aromatic carbocycles. The van der Waals surface area contributed by atoms with Crippen LogP contribution >= 0.6 is 11.6 Å². The number of morpholine rings is 1. The molecule has 2 saturated heterocycles. The highest BCUT2D eigenvalue weighted by molar-refractivity contribution is 6.17. The molecule has 2 nitrogen and oxygen atoms in total. The van der Waals surface area contributed by atoms with Crippen LogP contribution in [0.5, 0.6) is 0 Å². The summed E-state index contributed by atoms with van der Waals surface area (Å²) in [6.07, 6.45) is 2.95. The zero-order valence-corrected chi connectivity index (χ0v) is 10.3. The van der Waals surface area contributed by atoms with Crippen molar-refractivity contribution in [2.45, 2.75) is 30.9 Å². The smallest absolute Gasteiger partial charge is 0.123 e. The Labute approximate surface area is 105 Å². The summed E-state index contributed by atoms with van der Waals surface area (Å²) in [4.78, 5) is 2.28. The Morgan fingerprint density at radius 1 is 1.29 bits per heavy atom. The summed E-state index contributed by atoms with van der Waals surface area (Å²) in [5.41, 5.74) is 1.93. The van der Waals surface area contributed by atoms with Gasteiger partial charge in [-0.15, -0.1) is 11.6 Å². The van der Waals surface area contributed by atoms with Gasteiger partial charge in [0.15, 0.2) is 0 Å². The second-order valence-corrected chi connectivity index (χ2v) is 5.04. The number of rotatable bonds is 2. The van der Waals surface area contributed by atoms with Crippen molar-refractivity contribution < 1.29 is 9.13 Å². The highest BCUT2D eigenvalue weighted by Gasteiger charge is 2.34. The van der Waals surface area contributed by atoms with Crippen LogP contribution in [0.1, 0.15) is 18.4 Å². The third-order valence-corrected chi connectivity index (χ3v) is 3.86. The van der Waals surface area contributed by atoms with E-state index in [9.17, 15) is 4.39 Å². The molecular weight excluding hydrogens is 241 g/mol. The molecule has 2 unspecified atom stereocenters. The minimum absolute atomic E-state index is 0.222. The summed E-state index contributed by atoms with van der Waals surface area (Å²) in [5, 5.41) is 0. The van der Waals surface area contributed by atoms with Crippen molar-refractivity contribution in [3.8, 4) is 0 Å². The molecule has 0 aromatic heterocycles. The summed E-state index contributed by atoms with van der Waals surface area (Å²) in [6.45, 7) is 1.79. The number of hydrogen-bond donors (Lipinski definition) is 0. The normalized spacial score (nSPS) is 27.5. The Bertz CT molecular complexity index is 414. The fourth-order valence-corrected chi connectivity index (χ4v) is 3.00. The highest BCUT2D eigenvalue weighted by atomic mass is 35.5. The van der Waals surface area contributed by atoms with E-state index < -0.39 is 0 Å². The molecule has 0 saturated carbocycles. The molecule has 17 heavy (non-hydrogen) atoms.